The van der Waals surface area contributed by atoms with Gasteiger partial charge < -0.3 is 5.73 Å². The molecule has 0 amide bonds. The predicted octanol–water partition coefficient (Wildman–Crippen LogP) is 2.08. The Kier molecular flexibility index (Phi) is 7.34. The summed E-state index contributed by atoms with van der Waals surface area (Å²) in [7, 11) is -3.70. The molecule has 0 bridgehead atoms. The van der Waals surface area contributed by atoms with Crippen molar-refractivity contribution in [2.45, 2.75) is 44.0 Å². The van der Waals surface area contributed by atoms with Gasteiger partial charge in [-0.3, -0.25) is 0 Å². The highest BCUT2D eigenvalue weighted by molar-refractivity contribution is 7.89. The summed E-state index contributed by atoms with van der Waals surface area (Å²) < 4.78 is 27.8. The summed E-state index contributed by atoms with van der Waals surface area (Å²) in [6.07, 6.45) is 1.21. The molecule has 0 fully saturated rings. The molecule has 0 aliphatic rings. The Morgan fingerprint density at radius 2 is 1.90 bits per heavy atom. The zero-order valence-corrected chi connectivity index (χ0v) is 14.1. The van der Waals surface area contributed by atoms with Gasteiger partial charge in [-0.1, -0.05) is 19.9 Å². The number of halogens is 1. The van der Waals surface area contributed by atoms with Crippen LogP contribution in [0.5, 0.6) is 0 Å². The van der Waals surface area contributed by atoms with E-state index in [1.54, 1.807) is 19.1 Å². The van der Waals surface area contributed by atoms with Crippen molar-refractivity contribution in [1.29, 1.82) is 5.26 Å². The van der Waals surface area contributed by atoms with Gasteiger partial charge in [-0.05, 0) is 37.5 Å². The molecule has 5 nitrogen and oxygen atoms in total. The van der Waals surface area contributed by atoms with Gasteiger partial charge in [0.15, 0.2) is 0 Å². The van der Waals surface area contributed by atoms with E-state index < -0.39 is 15.6 Å². The van der Waals surface area contributed by atoms with Crippen LogP contribution in [0.4, 0.5) is 0 Å². The molecule has 118 valence electrons. The van der Waals surface area contributed by atoms with Crippen molar-refractivity contribution in [3.05, 3.63) is 29.3 Å². The summed E-state index contributed by atoms with van der Waals surface area (Å²) in [6.45, 7) is 5.74. The largest absolute Gasteiger partial charge is 0.329 e. The molecule has 1 rings (SSSR count). The van der Waals surface area contributed by atoms with E-state index in [9.17, 15) is 8.42 Å². The quantitative estimate of drug-likeness (QED) is 0.834. The highest BCUT2D eigenvalue weighted by atomic mass is 35.5. The lowest BCUT2D eigenvalue weighted by Crippen LogP contribution is -2.52. The Bertz CT molecular complexity index is 611. The van der Waals surface area contributed by atoms with Crippen molar-refractivity contribution in [1.82, 2.24) is 4.72 Å². The van der Waals surface area contributed by atoms with Crippen LogP contribution in [0.1, 0.15) is 37.8 Å². The number of nitrogens with zero attached hydrogens (tertiary/aromatic N) is 1. The smallest absolute Gasteiger partial charge is 0.241 e. The van der Waals surface area contributed by atoms with Crippen LogP contribution in [-0.2, 0) is 10.0 Å². The van der Waals surface area contributed by atoms with Gasteiger partial charge in [0, 0.05) is 12.1 Å². The normalized spacial score (nSPS) is 11.6. The number of nitriles is 1. The van der Waals surface area contributed by atoms with Crippen molar-refractivity contribution >= 4 is 22.4 Å². The molecule has 0 radical (unpaired) electrons. The van der Waals surface area contributed by atoms with E-state index in [-0.39, 0.29) is 23.8 Å². The number of rotatable bonds is 6. The summed E-state index contributed by atoms with van der Waals surface area (Å²) in [5.41, 5.74) is 6.01. The Morgan fingerprint density at radius 3 is 2.33 bits per heavy atom. The molecule has 1 aromatic rings. The average molecular weight is 332 g/mol. The fourth-order valence-corrected chi connectivity index (χ4v) is 3.85. The molecule has 0 saturated heterocycles. The lowest BCUT2D eigenvalue weighted by Gasteiger charge is -2.31. The van der Waals surface area contributed by atoms with E-state index in [1.807, 2.05) is 19.9 Å². The molecule has 0 aliphatic carbocycles. The second-order valence-electron chi connectivity index (χ2n) is 4.89. The number of benzene rings is 1. The minimum atomic E-state index is -3.70. The molecule has 0 atom stereocenters. The maximum absolute atomic E-state index is 12.5. The van der Waals surface area contributed by atoms with Crippen LogP contribution in [0.25, 0.3) is 0 Å². The monoisotopic (exact) mass is 331 g/mol. The third kappa shape index (κ3) is 4.42. The summed E-state index contributed by atoms with van der Waals surface area (Å²) in [5.74, 6) is 0. The van der Waals surface area contributed by atoms with Crippen molar-refractivity contribution in [3.8, 4) is 6.07 Å². The van der Waals surface area contributed by atoms with Gasteiger partial charge in [-0.2, -0.15) is 5.26 Å². The first-order valence-electron chi connectivity index (χ1n) is 6.59. The highest BCUT2D eigenvalue weighted by Crippen LogP contribution is 2.21. The third-order valence-corrected chi connectivity index (χ3v) is 5.42. The summed E-state index contributed by atoms with van der Waals surface area (Å²) in [4.78, 5) is 0.135. The molecule has 0 aliphatic heterocycles. The van der Waals surface area contributed by atoms with E-state index in [2.05, 4.69) is 4.72 Å². The first-order chi connectivity index (χ1) is 9.34. The summed E-state index contributed by atoms with van der Waals surface area (Å²) in [5, 5.41) is 8.90. The fraction of sp³-hybridized carbons (Fsp3) is 0.500. The number of nitrogens with one attached hydrogen (secondary N) is 1. The van der Waals surface area contributed by atoms with Gasteiger partial charge in [0.1, 0.15) is 0 Å². The standard InChI is InChI=1S/C14H21N3O2S.ClH/c1-4-14(5-2,10-16)17-20(18,19)13-8-12(9-15)7-6-11(13)3;/h6-8,17H,4-5,10,16H2,1-3H3;1H. The first kappa shape index (κ1) is 19.9. The third-order valence-electron chi connectivity index (χ3n) is 3.70. The molecule has 0 heterocycles. The van der Waals surface area contributed by atoms with Crippen LogP contribution >= 0.6 is 12.4 Å². The molecule has 0 unspecified atom stereocenters. The molecule has 0 aromatic heterocycles. The Balaban J connectivity index is 0.00000400. The molecular formula is C14H22ClN3O2S. The number of nitrogens with two attached hydrogens (primary N) is 1. The maximum Gasteiger partial charge on any atom is 0.241 e. The molecule has 1 aromatic carbocycles. The lowest BCUT2D eigenvalue weighted by molar-refractivity contribution is 0.363. The number of hydrogen-bond donors (Lipinski definition) is 2. The van der Waals surface area contributed by atoms with E-state index in [4.69, 9.17) is 11.0 Å². The topological polar surface area (TPSA) is 96.0 Å². The first-order valence-corrected chi connectivity index (χ1v) is 8.07. The fourth-order valence-electron chi connectivity index (χ4n) is 2.02. The summed E-state index contributed by atoms with van der Waals surface area (Å²) >= 11 is 0. The molecule has 3 N–H and O–H groups in total. The van der Waals surface area contributed by atoms with Crippen LogP contribution in [-0.4, -0.2) is 20.5 Å². The van der Waals surface area contributed by atoms with E-state index >= 15 is 0 Å². The minimum Gasteiger partial charge on any atom is -0.329 e. The van der Waals surface area contributed by atoms with E-state index in [0.717, 1.165) is 0 Å². The second kappa shape index (κ2) is 7.76. The summed E-state index contributed by atoms with van der Waals surface area (Å²) in [6, 6.07) is 6.58. The van der Waals surface area contributed by atoms with Gasteiger partial charge >= 0.3 is 0 Å². The highest BCUT2D eigenvalue weighted by Gasteiger charge is 2.31. The van der Waals surface area contributed by atoms with Crippen molar-refractivity contribution in [2.24, 2.45) is 5.73 Å². The number of sulfonamides is 1. The van der Waals surface area contributed by atoms with Crippen molar-refractivity contribution in [2.75, 3.05) is 6.54 Å². The van der Waals surface area contributed by atoms with Crippen LogP contribution in [0.15, 0.2) is 23.1 Å². The Labute approximate surface area is 133 Å². The van der Waals surface area contributed by atoms with Crippen molar-refractivity contribution in [3.63, 3.8) is 0 Å². The second-order valence-corrected chi connectivity index (χ2v) is 6.54. The number of hydrogen-bond acceptors (Lipinski definition) is 4. The zero-order valence-electron chi connectivity index (χ0n) is 12.5. The van der Waals surface area contributed by atoms with Crippen molar-refractivity contribution < 1.29 is 8.42 Å². The Hall–Kier alpha value is -1.13. The van der Waals surface area contributed by atoms with Gasteiger partial charge in [0.25, 0.3) is 0 Å². The molecule has 0 saturated carbocycles. The van der Waals surface area contributed by atoms with Crippen LogP contribution < -0.4 is 10.5 Å². The predicted molar refractivity (Wildman–Crippen MR) is 85.8 cm³/mol. The number of aryl methyl sites for hydroxylation is 1. The molecular weight excluding hydrogens is 310 g/mol. The van der Waals surface area contributed by atoms with Gasteiger partial charge in [0.2, 0.25) is 10.0 Å². The molecule has 0 spiro atoms. The maximum atomic E-state index is 12.5. The zero-order chi connectivity index (χ0) is 15.4. The molecule has 7 heteroatoms. The molecule has 21 heavy (non-hydrogen) atoms. The van der Waals surface area contributed by atoms with Gasteiger partial charge in [0.05, 0.1) is 16.5 Å². The van der Waals surface area contributed by atoms with Crippen LogP contribution in [0.2, 0.25) is 0 Å². The SMILES string of the molecule is CCC(CC)(CN)NS(=O)(=O)c1cc(C#N)ccc1C.Cl. The van der Waals surface area contributed by atoms with Crippen LogP contribution in [0.3, 0.4) is 0 Å². The average Bonchev–Trinajstić information content (AvgIpc) is 2.45. The van der Waals surface area contributed by atoms with Crippen LogP contribution in [0, 0.1) is 18.3 Å². The lowest BCUT2D eigenvalue weighted by atomic mass is 9.95. The van der Waals surface area contributed by atoms with Gasteiger partial charge in [-0.15, -0.1) is 12.4 Å². The van der Waals surface area contributed by atoms with Gasteiger partial charge in [-0.25, -0.2) is 13.1 Å². The minimum absolute atomic E-state index is 0. The Morgan fingerprint density at radius 1 is 1.33 bits per heavy atom. The van der Waals surface area contributed by atoms with E-state index in [0.29, 0.717) is 24.0 Å². The van der Waals surface area contributed by atoms with E-state index in [1.165, 1.54) is 6.07 Å².